The molecule has 0 unspecified atom stereocenters. The first-order valence-corrected chi connectivity index (χ1v) is 6.68. The molecular formula is C13H18ClN3O2. The van der Waals surface area contributed by atoms with Gasteiger partial charge in [-0.15, -0.1) is 0 Å². The zero-order chi connectivity index (χ0) is 13.7. The highest BCUT2D eigenvalue weighted by Crippen LogP contribution is 2.30. The van der Waals surface area contributed by atoms with Crippen LogP contribution in [0.4, 0.5) is 5.82 Å². The molecule has 0 radical (unpaired) electrons. The lowest BCUT2D eigenvalue weighted by Gasteiger charge is -2.35. The molecule has 5 nitrogen and oxygen atoms in total. The van der Waals surface area contributed by atoms with Crippen LogP contribution in [0, 0.1) is 5.41 Å². The van der Waals surface area contributed by atoms with Crippen LogP contribution in [-0.4, -0.2) is 37.7 Å². The summed E-state index contributed by atoms with van der Waals surface area (Å²) in [4.78, 5) is 16.6. The smallest absolute Gasteiger partial charge is 0.234 e. The summed E-state index contributed by atoms with van der Waals surface area (Å²) in [5, 5.41) is 6.45. The number of pyridine rings is 1. The van der Waals surface area contributed by atoms with Gasteiger partial charge in [-0.1, -0.05) is 17.7 Å². The van der Waals surface area contributed by atoms with E-state index in [-0.39, 0.29) is 5.91 Å². The van der Waals surface area contributed by atoms with E-state index in [0.29, 0.717) is 17.6 Å². The SMILES string of the molecule is COCC1(C(=O)Nc2cccc(Cl)n2)CCNCC1. The van der Waals surface area contributed by atoms with E-state index in [1.54, 1.807) is 25.3 Å². The van der Waals surface area contributed by atoms with Gasteiger partial charge >= 0.3 is 0 Å². The quantitative estimate of drug-likeness (QED) is 0.826. The lowest BCUT2D eigenvalue weighted by Crippen LogP contribution is -2.47. The van der Waals surface area contributed by atoms with Gasteiger partial charge in [-0.3, -0.25) is 4.79 Å². The van der Waals surface area contributed by atoms with Crippen molar-refractivity contribution in [3.05, 3.63) is 23.4 Å². The van der Waals surface area contributed by atoms with Crippen LogP contribution in [0.15, 0.2) is 18.2 Å². The van der Waals surface area contributed by atoms with Gasteiger partial charge in [-0.25, -0.2) is 4.98 Å². The fraction of sp³-hybridized carbons (Fsp3) is 0.538. The molecule has 1 aliphatic rings. The molecule has 1 aliphatic heterocycles. The molecule has 104 valence electrons. The third-order valence-corrected chi connectivity index (χ3v) is 3.63. The van der Waals surface area contributed by atoms with Crippen LogP contribution in [0.1, 0.15) is 12.8 Å². The van der Waals surface area contributed by atoms with Gasteiger partial charge in [0.05, 0.1) is 12.0 Å². The van der Waals surface area contributed by atoms with Gasteiger partial charge < -0.3 is 15.4 Å². The number of ether oxygens (including phenoxy) is 1. The summed E-state index contributed by atoms with van der Waals surface area (Å²) in [6.45, 7) is 2.06. The molecule has 0 bridgehead atoms. The molecule has 1 fully saturated rings. The van der Waals surface area contributed by atoms with E-state index in [1.165, 1.54) is 0 Å². The van der Waals surface area contributed by atoms with E-state index in [2.05, 4.69) is 15.6 Å². The number of hydrogen-bond donors (Lipinski definition) is 2. The average Bonchev–Trinajstić information content (AvgIpc) is 2.40. The molecule has 0 aromatic carbocycles. The number of hydrogen-bond acceptors (Lipinski definition) is 4. The predicted molar refractivity (Wildman–Crippen MR) is 74.3 cm³/mol. The van der Waals surface area contributed by atoms with Crippen molar-refractivity contribution in [2.45, 2.75) is 12.8 Å². The molecule has 0 saturated carbocycles. The first-order chi connectivity index (χ1) is 9.16. The number of rotatable bonds is 4. The van der Waals surface area contributed by atoms with Gasteiger partial charge in [-0.2, -0.15) is 0 Å². The van der Waals surface area contributed by atoms with Crippen molar-refractivity contribution in [2.75, 3.05) is 32.1 Å². The lowest BCUT2D eigenvalue weighted by atomic mass is 9.78. The number of aromatic nitrogens is 1. The fourth-order valence-corrected chi connectivity index (χ4v) is 2.51. The summed E-state index contributed by atoms with van der Waals surface area (Å²) in [6.07, 6.45) is 1.51. The second-order valence-corrected chi connectivity index (χ2v) is 5.15. The van der Waals surface area contributed by atoms with E-state index in [0.717, 1.165) is 25.9 Å². The van der Waals surface area contributed by atoms with Crippen molar-refractivity contribution in [1.29, 1.82) is 0 Å². The van der Waals surface area contributed by atoms with Gasteiger partial charge in [-0.05, 0) is 38.1 Å². The van der Waals surface area contributed by atoms with Gasteiger partial charge in [0.15, 0.2) is 0 Å². The number of nitrogens with zero attached hydrogens (tertiary/aromatic N) is 1. The van der Waals surface area contributed by atoms with E-state index in [4.69, 9.17) is 16.3 Å². The van der Waals surface area contributed by atoms with Crippen molar-refractivity contribution >= 4 is 23.3 Å². The van der Waals surface area contributed by atoms with Crippen LogP contribution < -0.4 is 10.6 Å². The van der Waals surface area contributed by atoms with Crippen molar-refractivity contribution in [3.63, 3.8) is 0 Å². The molecule has 1 amide bonds. The Balaban J connectivity index is 2.11. The summed E-state index contributed by atoms with van der Waals surface area (Å²) >= 11 is 5.81. The second-order valence-electron chi connectivity index (χ2n) is 4.76. The summed E-state index contributed by atoms with van der Waals surface area (Å²) in [5.74, 6) is 0.428. The minimum Gasteiger partial charge on any atom is -0.384 e. The molecule has 6 heteroatoms. The Bertz CT molecular complexity index is 442. The monoisotopic (exact) mass is 283 g/mol. The summed E-state index contributed by atoms with van der Waals surface area (Å²) in [6, 6.07) is 5.16. The van der Waals surface area contributed by atoms with Crippen molar-refractivity contribution in [3.8, 4) is 0 Å². The van der Waals surface area contributed by atoms with Gasteiger partial charge in [0.2, 0.25) is 5.91 Å². The predicted octanol–water partition coefficient (Wildman–Crippen LogP) is 1.69. The fourth-order valence-electron chi connectivity index (χ4n) is 2.35. The molecule has 2 heterocycles. The first kappa shape index (κ1) is 14.2. The van der Waals surface area contributed by atoms with Crippen LogP contribution in [0.25, 0.3) is 0 Å². The molecular weight excluding hydrogens is 266 g/mol. The van der Waals surface area contributed by atoms with Gasteiger partial charge in [0, 0.05) is 7.11 Å². The third kappa shape index (κ3) is 3.43. The number of amides is 1. The Morgan fingerprint density at radius 1 is 1.53 bits per heavy atom. The van der Waals surface area contributed by atoms with E-state index in [1.807, 2.05) is 0 Å². The van der Waals surface area contributed by atoms with Crippen LogP contribution in [-0.2, 0) is 9.53 Å². The zero-order valence-electron chi connectivity index (χ0n) is 10.9. The lowest BCUT2D eigenvalue weighted by molar-refractivity contribution is -0.130. The minimum atomic E-state index is -0.482. The number of anilines is 1. The highest BCUT2D eigenvalue weighted by Gasteiger charge is 2.39. The molecule has 1 aromatic heterocycles. The number of carbonyl (C=O) groups excluding carboxylic acids is 1. The second kappa shape index (κ2) is 6.32. The van der Waals surface area contributed by atoms with Gasteiger partial charge in [0.25, 0.3) is 0 Å². The van der Waals surface area contributed by atoms with E-state index in [9.17, 15) is 4.79 Å². The molecule has 1 saturated heterocycles. The number of halogens is 1. The maximum Gasteiger partial charge on any atom is 0.234 e. The summed E-state index contributed by atoms with van der Waals surface area (Å²) < 4.78 is 5.23. The Hall–Kier alpha value is -1.17. The molecule has 0 atom stereocenters. The van der Waals surface area contributed by atoms with E-state index >= 15 is 0 Å². The molecule has 0 spiro atoms. The first-order valence-electron chi connectivity index (χ1n) is 6.30. The van der Waals surface area contributed by atoms with Crippen molar-refractivity contribution < 1.29 is 9.53 Å². The number of methoxy groups -OCH3 is 1. The van der Waals surface area contributed by atoms with Crippen LogP contribution in [0.3, 0.4) is 0 Å². The third-order valence-electron chi connectivity index (χ3n) is 3.42. The highest BCUT2D eigenvalue weighted by molar-refractivity contribution is 6.29. The normalized spacial score (nSPS) is 18.0. The largest absolute Gasteiger partial charge is 0.384 e. The zero-order valence-corrected chi connectivity index (χ0v) is 11.7. The molecule has 2 rings (SSSR count). The number of carbonyl (C=O) groups is 1. The molecule has 1 aromatic rings. The topological polar surface area (TPSA) is 63.2 Å². The van der Waals surface area contributed by atoms with E-state index < -0.39 is 5.41 Å². The molecule has 19 heavy (non-hydrogen) atoms. The Labute approximate surface area is 117 Å². The highest BCUT2D eigenvalue weighted by atomic mass is 35.5. The Morgan fingerprint density at radius 2 is 2.26 bits per heavy atom. The number of nitrogens with one attached hydrogen (secondary N) is 2. The number of piperidine rings is 1. The molecule has 2 N–H and O–H groups in total. The maximum absolute atomic E-state index is 12.5. The molecule has 0 aliphatic carbocycles. The van der Waals surface area contributed by atoms with Crippen molar-refractivity contribution in [2.24, 2.45) is 5.41 Å². The minimum absolute atomic E-state index is 0.0504. The Kier molecular flexibility index (Phi) is 4.74. The van der Waals surface area contributed by atoms with Crippen LogP contribution in [0.2, 0.25) is 5.15 Å². The van der Waals surface area contributed by atoms with Crippen LogP contribution >= 0.6 is 11.6 Å². The van der Waals surface area contributed by atoms with Gasteiger partial charge in [0.1, 0.15) is 11.0 Å². The average molecular weight is 284 g/mol. The Morgan fingerprint density at radius 3 is 2.89 bits per heavy atom. The summed E-state index contributed by atoms with van der Waals surface area (Å²) in [7, 11) is 1.62. The van der Waals surface area contributed by atoms with Crippen LogP contribution in [0.5, 0.6) is 0 Å². The summed E-state index contributed by atoms with van der Waals surface area (Å²) in [5.41, 5.74) is -0.482. The van der Waals surface area contributed by atoms with Crippen molar-refractivity contribution in [1.82, 2.24) is 10.3 Å². The maximum atomic E-state index is 12.5. The standard InChI is InChI=1S/C13H18ClN3O2/c1-19-9-13(5-7-15-8-6-13)12(18)17-11-4-2-3-10(14)16-11/h2-4,15H,5-9H2,1H3,(H,16,17,18).